The smallest absolute Gasteiger partial charge is 0.164 e. The van der Waals surface area contributed by atoms with Crippen LogP contribution in [0.15, 0.2) is 182 Å². The minimum atomic E-state index is -0.197. The van der Waals surface area contributed by atoms with Crippen LogP contribution in [0.2, 0.25) is 0 Å². The molecule has 0 saturated heterocycles. The molecular weight excluding hydrogens is 985 g/mol. The first kappa shape index (κ1) is 51.9. The summed E-state index contributed by atoms with van der Waals surface area (Å²) in [5, 5.41) is 4.81. The number of nitrogens with zero attached hydrogens (tertiary/aromatic N) is 6. The molecule has 4 heterocycles. The molecule has 0 aliphatic heterocycles. The van der Waals surface area contributed by atoms with Crippen LogP contribution >= 0.6 is 0 Å². The van der Waals surface area contributed by atoms with Crippen LogP contribution in [-0.2, 0) is 27.1 Å². The molecule has 402 valence electrons. The van der Waals surface area contributed by atoms with Gasteiger partial charge in [-0.05, 0) is 145 Å². The van der Waals surface area contributed by atoms with E-state index in [1.54, 1.807) is 0 Å². The van der Waals surface area contributed by atoms with Crippen molar-refractivity contribution in [2.24, 2.45) is 0 Å². The predicted molar refractivity (Wildman–Crippen MR) is 340 cm³/mol. The zero-order chi connectivity index (χ0) is 56.7. The molecule has 81 heavy (non-hydrogen) atoms. The number of fused-ring (bicyclic) bond motifs is 9. The Morgan fingerprint density at radius 2 is 0.778 bits per heavy atom. The van der Waals surface area contributed by atoms with E-state index in [0.29, 0.717) is 17.5 Å². The maximum Gasteiger partial charge on any atom is 0.164 e. The standard InChI is InChI=1S/C75H72N6/c1-71(2,3)48-35-46(36-49(40-48)72(4,5)6)69-77-68(78-70(79-69)47-37-50(73(7,8)9)41-51(38-47)74(10,11)12)45-31-32-65(58(39-45)56-33-34-76-44-67(56)81-62-28-20-16-24-53(62)54-25-17-21-29-63(54)81)80-64-30-22-18-26-55(64)59-42-57-52-23-15-19-27-60(52)75(13,14)61(57)43-66(59)80/h15-44H,1-14H3. The molecule has 6 nitrogen and oxygen atoms in total. The summed E-state index contributed by atoms with van der Waals surface area (Å²) in [7, 11) is 0. The Labute approximate surface area is 477 Å². The van der Waals surface area contributed by atoms with E-state index in [2.05, 4.69) is 276 Å². The molecule has 0 N–H and O–H groups in total. The lowest BCUT2D eigenvalue weighted by Crippen LogP contribution is -2.17. The quantitative estimate of drug-likeness (QED) is 0.166. The zero-order valence-corrected chi connectivity index (χ0v) is 49.5. The lowest BCUT2D eigenvalue weighted by Gasteiger charge is -2.26. The average molecular weight is 1060 g/mol. The van der Waals surface area contributed by atoms with Gasteiger partial charge in [0.05, 0.1) is 39.6 Å². The molecule has 13 rings (SSSR count). The number of hydrogen-bond donors (Lipinski definition) is 0. The van der Waals surface area contributed by atoms with Gasteiger partial charge in [-0.15, -0.1) is 0 Å². The van der Waals surface area contributed by atoms with Crippen LogP contribution in [0.3, 0.4) is 0 Å². The monoisotopic (exact) mass is 1060 g/mol. The molecule has 4 aromatic heterocycles. The molecule has 8 aromatic carbocycles. The van der Waals surface area contributed by atoms with Crippen molar-refractivity contribution in [2.45, 2.75) is 124 Å². The largest absolute Gasteiger partial charge is 0.309 e. The average Bonchev–Trinajstić information content (AvgIpc) is 4.12. The van der Waals surface area contributed by atoms with Crippen LogP contribution in [0.5, 0.6) is 0 Å². The van der Waals surface area contributed by atoms with E-state index in [1.165, 1.54) is 66.1 Å². The number of aromatic nitrogens is 6. The summed E-state index contributed by atoms with van der Waals surface area (Å²) < 4.78 is 4.90. The molecule has 1 aliphatic carbocycles. The molecule has 0 bridgehead atoms. The zero-order valence-electron chi connectivity index (χ0n) is 49.5. The molecule has 0 unspecified atom stereocenters. The summed E-state index contributed by atoms with van der Waals surface area (Å²) in [6.45, 7) is 32.2. The second-order valence-electron chi connectivity index (χ2n) is 27.3. The Morgan fingerprint density at radius 3 is 1.28 bits per heavy atom. The van der Waals surface area contributed by atoms with Crippen molar-refractivity contribution in [3.63, 3.8) is 0 Å². The van der Waals surface area contributed by atoms with Crippen LogP contribution in [0.1, 0.15) is 130 Å². The van der Waals surface area contributed by atoms with Crippen molar-refractivity contribution < 1.29 is 0 Å². The molecule has 1 aliphatic rings. The molecule has 0 radical (unpaired) electrons. The van der Waals surface area contributed by atoms with Crippen molar-refractivity contribution in [3.8, 4) is 67.8 Å². The first-order valence-electron chi connectivity index (χ1n) is 28.8. The summed E-state index contributed by atoms with van der Waals surface area (Å²) in [6.07, 6.45) is 3.97. The third-order valence-corrected chi connectivity index (χ3v) is 17.3. The highest BCUT2D eigenvalue weighted by Crippen LogP contribution is 2.52. The van der Waals surface area contributed by atoms with Gasteiger partial charge in [0.15, 0.2) is 17.5 Å². The third kappa shape index (κ3) is 8.68. The van der Waals surface area contributed by atoms with Gasteiger partial charge in [-0.2, -0.15) is 0 Å². The minimum Gasteiger partial charge on any atom is -0.309 e. The third-order valence-electron chi connectivity index (χ3n) is 17.3. The molecular formula is C75H72N6. The van der Waals surface area contributed by atoms with E-state index in [-0.39, 0.29) is 27.1 Å². The van der Waals surface area contributed by atoms with Gasteiger partial charge in [-0.3, -0.25) is 4.98 Å². The number of hydrogen-bond acceptors (Lipinski definition) is 4. The van der Waals surface area contributed by atoms with Gasteiger partial charge in [0.1, 0.15) is 0 Å². The van der Waals surface area contributed by atoms with Crippen molar-refractivity contribution in [2.75, 3.05) is 0 Å². The predicted octanol–water partition coefficient (Wildman–Crippen LogP) is 19.6. The van der Waals surface area contributed by atoms with Crippen LogP contribution in [0.25, 0.3) is 111 Å². The lowest BCUT2D eigenvalue weighted by molar-refractivity contribution is 0.568. The Kier molecular flexibility index (Phi) is 11.7. The SMILES string of the molecule is CC(C)(C)c1cc(-c2nc(-c3cc(C(C)(C)C)cc(C(C)(C)C)c3)nc(-c3ccc(-n4c5ccccc5c5cc6c(cc54)C(C)(C)c4ccccc4-6)c(-c4ccncc4-n4c5ccccc5c5ccccc54)c3)n2)cc(C(C)(C)C)c1. The van der Waals surface area contributed by atoms with E-state index in [1.807, 2.05) is 12.4 Å². The van der Waals surface area contributed by atoms with Crippen LogP contribution in [-0.4, -0.2) is 29.1 Å². The highest BCUT2D eigenvalue weighted by atomic mass is 15.0. The van der Waals surface area contributed by atoms with E-state index in [0.717, 1.165) is 61.3 Å². The van der Waals surface area contributed by atoms with Gasteiger partial charge in [-0.25, -0.2) is 15.0 Å². The molecule has 0 saturated carbocycles. The van der Waals surface area contributed by atoms with E-state index >= 15 is 0 Å². The topological polar surface area (TPSA) is 61.4 Å². The van der Waals surface area contributed by atoms with E-state index < -0.39 is 0 Å². The minimum absolute atomic E-state index is 0.118. The Hall–Kier alpha value is -8.48. The lowest BCUT2D eigenvalue weighted by atomic mass is 9.79. The van der Waals surface area contributed by atoms with Gasteiger partial charge in [0.25, 0.3) is 0 Å². The fourth-order valence-corrected chi connectivity index (χ4v) is 12.5. The van der Waals surface area contributed by atoms with Gasteiger partial charge in [0.2, 0.25) is 0 Å². The molecule has 6 heteroatoms. The van der Waals surface area contributed by atoms with Gasteiger partial charge < -0.3 is 9.13 Å². The molecule has 0 atom stereocenters. The Balaban J connectivity index is 1.13. The Morgan fingerprint density at radius 1 is 0.333 bits per heavy atom. The molecule has 12 aromatic rings. The summed E-state index contributed by atoms with van der Waals surface area (Å²) in [5.41, 5.74) is 21.0. The summed E-state index contributed by atoms with van der Waals surface area (Å²) >= 11 is 0. The van der Waals surface area contributed by atoms with Crippen LogP contribution in [0, 0.1) is 0 Å². The van der Waals surface area contributed by atoms with Crippen LogP contribution in [0.4, 0.5) is 0 Å². The fraction of sp³-hybridized carbons (Fsp3) is 0.253. The van der Waals surface area contributed by atoms with E-state index in [9.17, 15) is 0 Å². The highest BCUT2D eigenvalue weighted by molar-refractivity contribution is 6.13. The second-order valence-corrected chi connectivity index (χ2v) is 27.3. The number of rotatable bonds is 6. The number of para-hydroxylation sites is 3. The van der Waals surface area contributed by atoms with Crippen molar-refractivity contribution in [1.29, 1.82) is 0 Å². The normalized spacial score (nSPS) is 13.7. The van der Waals surface area contributed by atoms with Gasteiger partial charge >= 0.3 is 0 Å². The Bertz CT molecular complexity index is 4320. The fourth-order valence-electron chi connectivity index (χ4n) is 12.5. The molecule has 0 spiro atoms. The molecule has 0 amide bonds. The van der Waals surface area contributed by atoms with Crippen molar-refractivity contribution >= 4 is 43.6 Å². The number of pyridine rings is 1. The van der Waals surface area contributed by atoms with Gasteiger partial charge in [-0.1, -0.05) is 188 Å². The first-order valence-corrected chi connectivity index (χ1v) is 28.8. The first-order chi connectivity index (χ1) is 38.4. The highest BCUT2D eigenvalue weighted by Gasteiger charge is 2.37. The second kappa shape index (κ2) is 18.3. The number of benzene rings is 8. The molecule has 0 fully saturated rings. The summed E-state index contributed by atoms with van der Waals surface area (Å²) in [6, 6.07) is 63.2. The van der Waals surface area contributed by atoms with Crippen molar-refractivity contribution in [3.05, 3.63) is 216 Å². The maximum atomic E-state index is 5.60. The van der Waals surface area contributed by atoms with Gasteiger partial charge in [0, 0.05) is 61.0 Å². The van der Waals surface area contributed by atoms with Crippen molar-refractivity contribution in [1.82, 2.24) is 29.1 Å². The maximum absolute atomic E-state index is 5.60. The summed E-state index contributed by atoms with van der Waals surface area (Å²) in [5.74, 6) is 1.89. The summed E-state index contributed by atoms with van der Waals surface area (Å²) in [4.78, 5) is 21.6. The van der Waals surface area contributed by atoms with E-state index in [4.69, 9.17) is 19.9 Å². The van der Waals surface area contributed by atoms with Crippen LogP contribution < -0.4 is 0 Å².